The Balaban J connectivity index is 1.32. The molecule has 0 spiro atoms. The van der Waals surface area contributed by atoms with Crippen molar-refractivity contribution in [1.82, 2.24) is 9.88 Å². The van der Waals surface area contributed by atoms with E-state index in [1.54, 1.807) is 17.2 Å². The van der Waals surface area contributed by atoms with Gasteiger partial charge in [0.15, 0.2) is 6.61 Å². The van der Waals surface area contributed by atoms with Crippen molar-refractivity contribution in [2.24, 2.45) is 0 Å². The van der Waals surface area contributed by atoms with E-state index in [-0.39, 0.29) is 17.2 Å². The van der Waals surface area contributed by atoms with E-state index in [9.17, 15) is 19.7 Å². The molecule has 2 aromatic rings. The molecule has 33 heavy (non-hydrogen) atoms. The molecule has 3 heterocycles. The predicted molar refractivity (Wildman–Crippen MR) is 122 cm³/mol. The number of nitro benzene ring substituents is 1. The molecule has 10 heteroatoms. The lowest BCUT2D eigenvalue weighted by atomic mass is 10.1. The fraction of sp³-hybridized carbons (Fsp3) is 0.435. The van der Waals surface area contributed by atoms with E-state index in [2.05, 4.69) is 9.88 Å². The van der Waals surface area contributed by atoms with Crippen LogP contribution in [0.3, 0.4) is 0 Å². The van der Waals surface area contributed by atoms with E-state index in [4.69, 9.17) is 4.74 Å². The molecular formula is C23H27N5O5. The molecule has 0 N–H and O–H groups in total. The fourth-order valence-electron chi connectivity index (χ4n) is 4.23. The molecule has 0 radical (unpaired) electrons. The van der Waals surface area contributed by atoms with E-state index in [0.717, 1.165) is 38.2 Å². The van der Waals surface area contributed by atoms with Crippen molar-refractivity contribution in [3.63, 3.8) is 0 Å². The summed E-state index contributed by atoms with van der Waals surface area (Å²) in [7, 11) is 0. The van der Waals surface area contributed by atoms with Crippen molar-refractivity contribution in [3.05, 3.63) is 58.3 Å². The summed E-state index contributed by atoms with van der Waals surface area (Å²) in [6.07, 6.45) is 4.81. The number of esters is 1. The van der Waals surface area contributed by atoms with E-state index in [1.165, 1.54) is 12.1 Å². The van der Waals surface area contributed by atoms with Gasteiger partial charge in [-0.25, -0.2) is 9.78 Å². The standard InChI is InChI=1S/C23H27N5O5/c29-22(27-14-12-26(13-15-27)21-6-2-3-9-24-21)17-33-23(30)18-7-8-19(20(16-18)28(31)32)25-10-4-1-5-11-25/h2-3,6-9,16H,1,4-5,10-15,17H2. The van der Waals surface area contributed by atoms with Crippen LogP contribution in [0.1, 0.15) is 29.6 Å². The lowest BCUT2D eigenvalue weighted by Crippen LogP contribution is -2.50. The fourth-order valence-corrected chi connectivity index (χ4v) is 4.23. The maximum absolute atomic E-state index is 12.5. The molecule has 0 bridgehead atoms. The number of rotatable bonds is 6. The molecule has 4 rings (SSSR count). The van der Waals surface area contributed by atoms with Gasteiger partial charge in [-0.2, -0.15) is 0 Å². The maximum Gasteiger partial charge on any atom is 0.338 e. The van der Waals surface area contributed by atoms with E-state index in [1.807, 2.05) is 23.1 Å². The number of pyridine rings is 1. The number of aromatic nitrogens is 1. The normalized spacial score (nSPS) is 16.4. The molecule has 1 aromatic heterocycles. The van der Waals surface area contributed by atoms with Gasteiger partial charge in [-0.1, -0.05) is 6.07 Å². The summed E-state index contributed by atoms with van der Waals surface area (Å²) < 4.78 is 5.18. The van der Waals surface area contributed by atoms with Gasteiger partial charge in [0.05, 0.1) is 10.5 Å². The second-order valence-corrected chi connectivity index (χ2v) is 8.14. The molecule has 2 fully saturated rings. The summed E-state index contributed by atoms with van der Waals surface area (Å²) in [5, 5.41) is 11.6. The number of piperazine rings is 1. The summed E-state index contributed by atoms with van der Waals surface area (Å²) in [5.74, 6) is -0.169. The van der Waals surface area contributed by atoms with Crippen molar-refractivity contribution in [3.8, 4) is 0 Å². The van der Waals surface area contributed by atoms with Crippen LogP contribution in [0.15, 0.2) is 42.6 Å². The quantitative estimate of drug-likeness (QED) is 0.373. The zero-order valence-electron chi connectivity index (χ0n) is 18.4. The molecule has 1 aromatic carbocycles. The number of nitro groups is 1. The molecule has 1 amide bonds. The van der Waals surface area contributed by atoms with Crippen LogP contribution in [0.4, 0.5) is 17.2 Å². The van der Waals surface area contributed by atoms with Crippen LogP contribution in [0.5, 0.6) is 0 Å². The number of hydrogen-bond donors (Lipinski definition) is 0. The summed E-state index contributed by atoms with van der Waals surface area (Å²) in [6.45, 7) is 3.40. The molecule has 2 aliphatic heterocycles. The van der Waals surface area contributed by atoms with Gasteiger partial charge in [-0.3, -0.25) is 14.9 Å². The van der Waals surface area contributed by atoms with Crippen molar-refractivity contribution >= 4 is 29.1 Å². The minimum atomic E-state index is -0.747. The number of ether oxygens (including phenoxy) is 1. The first-order chi connectivity index (χ1) is 16.0. The number of nitrogens with zero attached hydrogens (tertiary/aromatic N) is 5. The number of carbonyl (C=O) groups excluding carboxylic acids is 2. The second kappa shape index (κ2) is 10.3. The van der Waals surface area contributed by atoms with E-state index >= 15 is 0 Å². The van der Waals surface area contributed by atoms with Gasteiger partial charge in [0.2, 0.25) is 0 Å². The van der Waals surface area contributed by atoms with Gasteiger partial charge in [-0.15, -0.1) is 0 Å². The molecule has 2 aliphatic rings. The predicted octanol–water partition coefficient (Wildman–Crippen LogP) is 2.49. The van der Waals surface area contributed by atoms with Crippen LogP contribution >= 0.6 is 0 Å². The van der Waals surface area contributed by atoms with Crippen LogP contribution < -0.4 is 9.80 Å². The summed E-state index contributed by atoms with van der Waals surface area (Å²) >= 11 is 0. The molecule has 2 saturated heterocycles. The van der Waals surface area contributed by atoms with Crippen LogP contribution in [-0.2, 0) is 9.53 Å². The minimum Gasteiger partial charge on any atom is -0.452 e. The van der Waals surface area contributed by atoms with E-state index < -0.39 is 17.5 Å². The molecule has 174 valence electrons. The Morgan fingerprint density at radius 2 is 1.73 bits per heavy atom. The Morgan fingerprint density at radius 1 is 0.970 bits per heavy atom. The van der Waals surface area contributed by atoms with Gasteiger partial charge in [0.1, 0.15) is 11.5 Å². The molecule has 0 atom stereocenters. The topological polar surface area (TPSA) is 109 Å². The Bertz CT molecular complexity index is 1000. The molecule has 10 nitrogen and oxygen atoms in total. The number of amides is 1. The summed E-state index contributed by atoms with van der Waals surface area (Å²) in [4.78, 5) is 46.2. The largest absolute Gasteiger partial charge is 0.452 e. The lowest BCUT2D eigenvalue weighted by molar-refractivity contribution is -0.384. The average molecular weight is 453 g/mol. The van der Waals surface area contributed by atoms with Gasteiger partial charge in [0.25, 0.3) is 11.6 Å². The Labute approximate surface area is 191 Å². The van der Waals surface area contributed by atoms with Crippen molar-refractivity contribution in [1.29, 1.82) is 0 Å². The molecule has 0 saturated carbocycles. The minimum absolute atomic E-state index is 0.0650. The lowest BCUT2D eigenvalue weighted by Gasteiger charge is -2.35. The highest BCUT2D eigenvalue weighted by atomic mass is 16.6. The zero-order valence-corrected chi connectivity index (χ0v) is 18.4. The van der Waals surface area contributed by atoms with Crippen molar-refractivity contribution in [2.75, 3.05) is 55.7 Å². The first-order valence-corrected chi connectivity index (χ1v) is 11.2. The van der Waals surface area contributed by atoms with Crippen molar-refractivity contribution in [2.45, 2.75) is 19.3 Å². The van der Waals surface area contributed by atoms with Gasteiger partial charge in [-0.05, 0) is 43.5 Å². The monoisotopic (exact) mass is 453 g/mol. The molecular weight excluding hydrogens is 426 g/mol. The van der Waals surface area contributed by atoms with Gasteiger partial charge >= 0.3 is 5.97 Å². The van der Waals surface area contributed by atoms with Gasteiger partial charge < -0.3 is 19.4 Å². The third-order valence-electron chi connectivity index (χ3n) is 6.04. The van der Waals surface area contributed by atoms with Gasteiger partial charge in [0, 0.05) is 51.5 Å². The van der Waals surface area contributed by atoms with Crippen molar-refractivity contribution < 1.29 is 19.2 Å². The first kappa shape index (κ1) is 22.5. The Kier molecular flexibility index (Phi) is 7.01. The highest BCUT2D eigenvalue weighted by Gasteiger charge is 2.25. The number of hydrogen-bond acceptors (Lipinski definition) is 8. The van der Waals surface area contributed by atoms with Crippen LogP contribution in [0.25, 0.3) is 0 Å². The Hall–Kier alpha value is -3.69. The molecule has 0 unspecified atom stereocenters. The van der Waals surface area contributed by atoms with Crippen LogP contribution in [-0.4, -0.2) is 72.6 Å². The highest BCUT2D eigenvalue weighted by Crippen LogP contribution is 2.31. The maximum atomic E-state index is 12.5. The summed E-state index contributed by atoms with van der Waals surface area (Å²) in [6, 6.07) is 10.1. The van der Waals surface area contributed by atoms with E-state index in [0.29, 0.717) is 31.9 Å². The zero-order chi connectivity index (χ0) is 23.2. The van der Waals surface area contributed by atoms with Crippen LogP contribution in [0.2, 0.25) is 0 Å². The average Bonchev–Trinajstić information content (AvgIpc) is 2.87. The third-order valence-corrected chi connectivity index (χ3v) is 6.04. The summed E-state index contributed by atoms with van der Waals surface area (Å²) in [5.41, 5.74) is 0.455. The second-order valence-electron chi connectivity index (χ2n) is 8.14. The number of piperidine rings is 1. The molecule has 0 aliphatic carbocycles. The highest BCUT2D eigenvalue weighted by molar-refractivity contribution is 5.93. The number of carbonyl (C=O) groups is 2. The van der Waals surface area contributed by atoms with Crippen LogP contribution in [0, 0.1) is 10.1 Å². The number of anilines is 2. The smallest absolute Gasteiger partial charge is 0.338 e. The number of benzene rings is 1. The SMILES string of the molecule is O=C(OCC(=O)N1CCN(c2ccccn2)CC1)c1ccc(N2CCCCC2)c([N+](=O)[O-])c1. The first-order valence-electron chi connectivity index (χ1n) is 11.2. The Morgan fingerprint density at radius 3 is 2.39 bits per heavy atom. The third kappa shape index (κ3) is 5.39.